The number of fused-ring (bicyclic) bond motifs is 1. The van der Waals surface area contributed by atoms with Crippen LogP contribution in [-0.2, 0) is 6.54 Å². The van der Waals surface area contributed by atoms with Gasteiger partial charge >= 0.3 is 0 Å². The number of ether oxygens (including phenoxy) is 1. The Labute approximate surface area is 191 Å². The molecule has 0 radical (unpaired) electrons. The molecule has 0 fully saturated rings. The lowest BCUT2D eigenvalue weighted by atomic mass is 10.1. The number of hydrogen-bond acceptors (Lipinski definition) is 6. The lowest BCUT2D eigenvalue weighted by molar-refractivity contribution is 0.230. The van der Waals surface area contributed by atoms with E-state index in [1.165, 1.54) is 0 Å². The Bertz CT molecular complexity index is 1360. The molecule has 0 bridgehead atoms. The number of nitrogens with one attached hydrogen (secondary N) is 1. The summed E-state index contributed by atoms with van der Waals surface area (Å²) in [7, 11) is 2.06. The third kappa shape index (κ3) is 4.75. The van der Waals surface area contributed by atoms with Crippen LogP contribution in [0.4, 0.5) is 0 Å². The average Bonchev–Trinajstić information content (AvgIpc) is 3.46. The molecule has 1 N–H and O–H groups in total. The quantitative estimate of drug-likeness (QED) is 0.393. The second-order valence-electron chi connectivity index (χ2n) is 7.95. The van der Waals surface area contributed by atoms with Crippen LogP contribution in [0, 0.1) is 6.92 Å². The summed E-state index contributed by atoms with van der Waals surface area (Å²) >= 11 is 0. The van der Waals surface area contributed by atoms with Gasteiger partial charge in [0.1, 0.15) is 24.5 Å². The second kappa shape index (κ2) is 9.22. The first-order chi connectivity index (χ1) is 16.2. The van der Waals surface area contributed by atoms with Crippen molar-refractivity contribution in [1.82, 2.24) is 34.4 Å². The number of likely N-dealkylation sites (N-methyl/N-ethyl adjacent to an activating group) is 1. The van der Waals surface area contributed by atoms with Crippen molar-refractivity contribution in [2.75, 3.05) is 20.2 Å². The van der Waals surface area contributed by atoms with E-state index >= 15 is 0 Å². The third-order valence-corrected chi connectivity index (χ3v) is 5.35. The number of hydrogen-bond donors (Lipinski definition) is 1. The topological polar surface area (TPSA) is 84.2 Å². The fourth-order valence-corrected chi connectivity index (χ4v) is 3.70. The predicted octanol–water partition coefficient (Wildman–Crippen LogP) is 4.00. The summed E-state index contributed by atoms with van der Waals surface area (Å²) < 4.78 is 7.58. The number of para-hydroxylation sites is 1. The molecular formula is C25H25N7O. The van der Waals surface area contributed by atoms with E-state index in [-0.39, 0.29) is 0 Å². The SMILES string of the molecule is Cc1cccc(-c2[nH]c(CN(C)CCOc3ccccc3)nc2-c2ccc3ncnn3c2)n1. The molecule has 5 rings (SSSR count). The highest BCUT2D eigenvalue weighted by Gasteiger charge is 2.17. The average molecular weight is 440 g/mol. The fourth-order valence-electron chi connectivity index (χ4n) is 3.70. The normalized spacial score (nSPS) is 11.4. The van der Waals surface area contributed by atoms with Crippen LogP contribution < -0.4 is 4.74 Å². The van der Waals surface area contributed by atoms with Crippen LogP contribution in [0.15, 0.2) is 73.2 Å². The maximum atomic E-state index is 5.83. The molecule has 0 saturated heterocycles. The minimum atomic E-state index is 0.601. The van der Waals surface area contributed by atoms with E-state index in [4.69, 9.17) is 14.7 Å². The predicted molar refractivity (Wildman–Crippen MR) is 127 cm³/mol. The monoisotopic (exact) mass is 439 g/mol. The number of aromatic nitrogens is 6. The molecule has 4 aromatic heterocycles. The number of nitrogens with zero attached hydrogens (tertiary/aromatic N) is 6. The molecule has 0 aliphatic carbocycles. The van der Waals surface area contributed by atoms with Crippen LogP contribution in [-0.4, -0.2) is 54.6 Å². The van der Waals surface area contributed by atoms with Gasteiger partial charge in [-0.2, -0.15) is 5.10 Å². The maximum Gasteiger partial charge on any atom is 0.155 e. The Morgan fingerprint density at radius 1 is 1.00 bits per heavy atom. The van der Waals surface area contributed by atoms with Crippen molar-refractivity contribution in [3.63, 3.8) is 0 Å². The molecule has 5 aromatic rings. The summed E-state index contributed by atoms with van der Waals surface area (Å²) in [5.74, 6) is 1.74. The summed E-state index contributed by atoms with van der Waals surface area (Å²) in [5, 5.41) is 4.27. The van der Waals surface area contributed by atoms with E-state index in [1.807, 2.05) is 73.8 Å². The summed E-state index contributed by atoms with van der Waals surface area (Å²) in [4.78, 5) is 19.6. The number of H-pyrrole nitrogens is 1. The minimum absolute atomic E-state index is 0.601. The largest absolute Gasteiger partial charge is 0.492 e. The Balaban J connectivity index is 1.39. The van der Waals surface area contributed by atoms with E-state index in [1.54, 1.807) is 10.8 Å². The smallest absolute Gasteiger partial charge is 0.155 e. The van der Waals surface area contributed by atoms with Gasteiger partial charge in [0.15, 0.2) is 5.65 Å². The zero-order valence-corrected chi connectivity index (χ0v) is 18.6. The van der Waals surface area contributed by atoms with E-state index < -0.39 is 0 Å². The van der Waals surface area contributed by atoms with Crippen LogP contribution in [0.5, 0.6) is 5.75 Å². The molecule has 0 aliphatic heterocycles. The molecular weight excluding hydrogens is 414 g/mol. The van der Waals surface area contributed by atoms with Gasteiger partial charge in [0.2, 0.25) is 0 Å². The molecule has 0 aliphatic rings. The molecule has 1 aromatic carbocycles. The Hall–Kier alpha value is -4.04. The lowest BCUT2D eigenvalue weighted by Gasteiger charge is -2.15. The molecule has 166 valence electrons. The van der Waals surface area contributed by atoms with Crippen molar-refractivity contribution < 1.29 is 4.74 Å². The zero-order valence-electron chi connectivity index (χ0n) is 18.6. The standard InChI is InChI=1S/C25H25N7O/c1-18-7-6-10-21(28-18)25-24(19-11-12-23-26-17-27-32(23)15-19)29-22(30-25)16-31(2)13-14-33-20-8-4-3-5-9-20/h3-12,15,17H,13-14,16H2,1-2H3,(H,29,30). The van der Waals surface area contributed by atoms with Crippen molar-refractivity contribution in [3.8, 4) is 28.4 Å². The van der Waals surface area contributed by atoms with Gasteiger partial charge in [0.25, 0.3) is 0 Å². The highest BCUT2D eigenvalue weighted by Crippen LogP contribution is 2.29. The number of aryl methyl sites for hydroxylation is 1. The first kappa shape index (κ1) is 20.8. The van der Waals surface area contributed by atoms with Gasteiger partial charge in [-0.15, -0.1) is 0 Å². The summed E-state index contributed by atoms with van der Waals surface area (Å²) in [6, 6.07) is 19.8. The first-order valence-electron chi connectivity index (χ1n) is 10.8. The molecule has 0 amide bonds. The molecule has 8 nitrogen and oxygen atoms in total. The molecule has 0 spiro atoms. The molecule has 0 saturated carbocycles. The highest BCUT2D eigenvalue weighted by molar-refractivity contribution is 5.77. The van der Waals surface area contributed by atoms with Crippen LogP contribution in [0.3, 0.4) is 0 Å². The number of benzene rings is 1. The Morgan fingerprint density at radius 2 is 1.88 bits per heavy atom. The van der Waals surface area contributed by atoms with Crippen LogP contribution in [0.1, 0.15) is 11.5 Å². The van der Waals surface area contributed by atoms with E-state index in [0.29, 0.717) is 13.2 Å². The van der Waals surface area contributed by atoms with Crippen LogP contribution >= 0.6 is 0 Å². The number of rotatable bonds is 8. The first-order valence-corrected chi connectivity index (χ1v) is 10.8. The van der Waals surface area contributed by atoms with E-state index in [0.717, 1.165) is 52.1 Å². The van der Waals surface area contributed by atoms with Crippen molar-refractivity contribution in [2.24, 2.45) is 0 Å². The second-order valence-corrected chi connectivity index (χ2v) is 7.95. The van der Waals surface area contributed by atoms with Gasteiger partial charge in [0.05, 0.1) is 23.6 Å². The van der Waals surface area contributed by atoms with Crippen molar-refractivity contribution in [3.05, 3.63) is 84.7 Å². The Morgan fingerprint density at radius 3 is 2.73 bits per heavy atom. The van der Waals surface area contributed by atoms with Crippen LogP contribution in [0.2, 0.25) is 0 Å². The molecule has 0 unspecified atom stereocenters. The lowest BCUT2D eigenvalue weighted by Crippen LogP contribution is -2.24. The highest BCUT2D eigenvalue weighted by atomic mass is 16.5. The van der Waals surface area contributed by atoms with Crippen molar-refractivity contribution >= 4 is 5.65 Å². The zero-order chi connectivity index (χ0) is 22.6. The maximum absolute atomic E-state index is 5.83. The number of pyridine rings is 2. The molecule has 4 heterocycles. The number of imidazole rings is 1. The third-order valence-electron chi connectivity index (χ3n) is 5.35. The fraction of sp³-hybridized carbons (Fsp3) is 0.200. The van der Waals surface area contributed by atoms with Gasteiger partial charge in [-0.1, -0.05) is 24.3 Å². The van der Waals surface area contributed by atoms with Crippen molar-refractivity contribution in [2.45, 2.75) is 13.5 Å². The Kier molecular flexibility index (Phi) is 5.82. The summed E-state index contributed by atoms with van der Waals surface area (Å²) in [5.41, 5.74) is 5.29. The van der Waals surface area contributed by atoms with Gasteiger partial charge < -0.3 is 9.72 Å². The van der Waals surface area contributed by atoms with Gasteiger partial charge in [-0.3, -0.25) is 9.88 Å². The van der Waals surface area contributed by atoms with Crippen LogP contribution in [0.25, 0.3) is 28.3 Å². The van der Waals surface area contributed by atoms with Crippen molar-refractivity contribution in [1.29, 1.82) is 0 Å². The summed E-state index contributed by atoms with van der Waals surface area (Å²) in [6.07, 6.45) is 3.49. The molecule has 0 atom stereocenters. The van der Waals surface area contributed by atoms with E-state index in [2.05, 4.69) is 27.0 Å². The van der Waals surface area contributed by atoms with Gasteiger partial charge in [-0.05, 0) is 50.4 Å². The number of aromatic amines is 1. The van der Waals surface area contributed by atoms with E-state index in [9.17, 15) is 0 Å². The summed E-state index contributed by atoms with van der Waals surface area (Å²) in [6.45, 7) is 4.02. The van der Waals surface area contributed by atoms with Gasteiger partial charge in [-0.25, -0.2) is 14.5 Å². The van der Waals surface area contributed by atoms with Gasteiger partial charge in [0, 0.05) is 24.0 Å². The molecule has 8 heteroatoms. The molecule has 33 heavy (non-hydrogen) atoms. The minimum Gasteiger partial charge on any atom is -0.492 e.